The monoisotopic (exact) mass is 357 g/mol. The van der Waals surface area contributed by atoms with Gasteiger partial charge in [0.2, 0.25) is 16.7 Å². The zero-order chi connectivity index (χ0) is 15.9. The summed E-state index contributed by atoms with van der Waals surface area (Å²) < 4.78 is 0. The second kappa shape index (κ2) is 9.22. The minimum atomic E-state index is 0. The number of nitrogens with zero attached hydrogens (tertiary/aromatic N) is 4. The molecule has 2 unspecified atom stereocenters. The maximum absolute atomic E-state index is 10.4. The van der Waals surface area contributed by atoms with Crippen LogP contribution in [-0.4, -0.2) is 47.2 Å². The van der Waals surface area contributed by atoms with E-state index < -0.39 is 0 Å². The molecular formula is C12H19N7O2S2. The zero-order valence-electron chi connectivity index (χ0n) is 11.8. The number of hydrogen-bond donors (Lipinski definition) is 3. The normalized spacial score (nSPS) is 19.2. The molecule has 1 aliphatic rings. The van der Waals surface area contributed by atoms with Gasteiger partial charge in [0.1, 0.15) is 16.8 Å². The van der Waals surface area contributed by atoms with E-state index in [4.69, 9.17) is 4.79 Å². The minimum absolute atomic E-state index is 0. The number of hydrogen-bond acceptors (Lipinski definition) is 10. The summed E-state index contributed by atoms with van der Waals surface area (Å²) in [6.07, 6.45) is 1.52. The van der Waals surface area contributed by atoms with Crippen molar-refractivity contribution in [1.82, 2.24) is 25.7 Å². The maximum atomic E-state index is 10.4. The Kier molecular flexibility index (Phi) is 7.65. The Labute approximate surface area is 141 Å². The van der Waals surface area contributed by atoms with Crippen LogP contribution in [0.3, 0.4) is 0 Å². The van der Waals surface area contributed by atoms with Gasteiger partial charge in [-0.1, -0.05) is 30.1 Å². The number of rotatable bonds is 5. The Hall–Kier alpha value is -1.98. The van der Waals surface area contributed by atoms with E-state index in [1.54, 1.807) is 11.3 Å². The fourth-order valence-corrected chi connectivity index (χ4v) is 3.70. The Morgan fingerprint density at radius 3 is 2.48 bits per heavy atom. The molecular weight excluding hydrogens is 338 g/mol. The first-order valence-corrected chi connectivity index (χ1v) is 8.00. The highest BCUT2D eigenvalue weighted by atomic mass is 32.1. The van der Waals surface area contributed by atoms with Gasteiger partial charge in [0, 0.05) is 19.5 Å². The van der Waals surface area contributed by atoms with Gasteiger partial charge in [0.05, 0.1) is 6.04 Å². The van der Waals surface area contributed by atoms with E-state index in [0.29, 0.717) is 17.5 Å². The van der Waals surface area contributed by atoms with E-state index in [-0.39, 0.29) is 13.5 Å². The van der Waals surface area contributed by atoms with E-state index in [0.717, 1.165) is 28.1 Å². The fraction of sp³-hybridized carbons (Fsp3) is 0.500. The molecule has 0 aromatic carbocycles. The van der Waals surface area contributed by atoms with Crippen LogP contribution in [0.1, 0.15) is 35.8 Å². The summed E-state index contributed by atoms with van der Waals surface area (Å²) in [5, 5.41) is 28.5. The van der Waals surface area contributed by atoms with Crippen molar-refractivity contribution in [3.8, 4) is 0 Å². The third kappa shape index (κ3) is 4.50. The van der Waals surface area contributed by atoms with Crippen LogP contribution < -0.4 is 16.0 Å². The first-order chi connectivity index (χ1) is 10.8. The molecule has 0 aliphatic carbocycles. The molecule has 126 valence electrons. The molecule has 3 N–H and O–H groups in total. The summed E-state index contributed by atoms with van der Waals surface area (Å²) in [4.78, 5) is 18.4. The van der Waals surface area contributed by atoms with Gasteiger partial charge in [-0.25, -0.2) is 0 Å². The van der Waals surface area contributed by atoms with Crippen LogP contribution in [0.4, 0.5) is 10.3 Å². The zero-order valence-corrected chi connectivity index (χ0v) is 13.4. The molecule has 9 nitrogen and oxygen atoms in total. The van der Waals surface area contributed by atoms with Gasteiger partial charge in [-0.2, -0.15) is 0 Å². The summed E-state index contributed by atoms with van der Waals surface area (Å²) in [6, 6.07) is 0.200. The predicted octanol–water partition coefficient (Wildman–Crippen LogP) is 1.27. The molecule has 0 bridgehead atoms. The van der Waals surface area contributed by atoms with E-state index in [2.05, 4.69) is 36.3 Å². The molecule has 11 heteroatoms. The van der Waals surface area contributed by atoms with Crippen LogP contribution in [0.15, 0.2) is 0 Å². The molecule has 1 saturated heterocycles. The van der Waals surface area contributed by atoms with Crippen molar-refractivity contribution in [3.05, 3.63) is 10.0 Å². The van der Waals surface area contributed by atoms with Crippen LogP contribution in [0.25, 0.3) is 0 Å². The predicted molar refractivity (Wildman–Crippen MR) is 91.0 cm³/mol. The average Bonchev–Trinajstić information content (AvgIpc) is 3.29. The highest BCUT2D eigenvalue weighted by Crippen LogP contribution is 2.37. The highest BCUT2D eigenvalue weighted by molar-refractivity contribution is 7.15. The first kappa shape index (κ1) is 19.1. The van der Waals surface area contributed by atoms with Crippen molar-refractivity contribution < 1.29 is 9.59 Å². The topological polar surface area (TPSA) is 122 Å². The van der Waals surface area contributed by atoms with Crippen molar-refractivity contribution in [2.45, 2.75) is 25.8 Å². The molecule has 0 saturated carbocycles. The van der Waals surface area contributed by atoms with Crippen molar-refractivity contribution in [1.29, 1.82) is 0 Å². The number of aromatic nitrogens is 4. The smallest absolute Gasteiger partial charge is 0.213 e. The molecule has 2 atom stereocenters. The molecule has 1 aliphatic heterocycles. The molecule has 0 radical (unpaired) electrons. The van der Waals surface area contributed by atoms with Gasteiger partial charge in [-0.15, -0.1) is 20.4 Å². The molecule has 1 fully saturated rings. The van der Waals surface area contributed by atoms with Gasteiger partial charge in [0.25, 0.3) is 0 Å². The second-order valence-corrected chi connectivity index (χ2v) is 6.31. The lowest BCUT2D eigenvalue weighted by Crippen LogP contribution is -2.13. The van der Waals surface area contributed by atoms with E-state index in [1.807, 2.05) is 13.8 Å². The number of carbonyl (C=O) groups excluding carboxylic acids is 2. The average molecular weight is 357 g/mol. The first-order valence-electron chi connectivity index (χ1n) is 6.37. The molecule has 0 spiro atoms. The maximum Gasteiger partial charge on any atom is 0.213 e. The van der Waals surface area contributed by atoms with Gasteiger partial charge in [0.15, 0.2) is 0 Å². The lowest BCUT2D eigenvalue weighted by molar-refractivity contribution is -0.105. The van der Waals surface area contributed by atoms with Crippen LogP contribution in [0.2, 0.25) is 0 Å². The summed E-state index contributed by atoms with van der Waals surface area (Å²) in [5.41, 5.74) is 0. The number of carbonyl (C=O) groups is 2. The third-order valence-electron chi connectivity index (χ3n) is 3.06. The number of amides is 1. The Bertz CT molecular complexity index is 618. The molecule has 2 aromatic heterocycles. The summed E-state index contributed by atoms with van der Waals surface area (Å²) in [7, 11) is 1.83. The Balaban J connectivity index is 0.000000849. The Morgan fingerprint density at radius 2 is 1.83 bits per heavy atom. The van der Waals surface area contributed by atoms with Crippen LogP contribution >= 0.6 is 22.7 Å². The lowest BCUT2D eigenvalue weighted by Gasteiger charge is -2.04. The van der Waals surface area contributed by atoms with Crippen molar-refractivity contribution in [3.63, 3.8) is 0 Å². The number of nitrogens with one attached hydrogen (secondary N) is 3. The second-order valence-electron chi connectivity index (χ2n) is 4.30. The quantitative estimate of drug-likeness (QED) is 0.684. The molecule has 3 rings (SSSR count). The van der Waals surface area contributed by atoms with Crippen LogP contribution in [-0.2, 0) is 9.59 Å². The minimum Gasteiger partial charge on any atom is -0.363 e. The van der Waals surface area contributed by atoms with Crippen molar-refractivity contribution >= 4 is 46.1 Å². The number of anilines is 2. The summed E-state index contributed by atoms with van der Waals surface area (Å²) in [6.45, 7) is 2.83. The van der Waals surface area contributed by atoms with Gasteiger partial charge in [-0.3, -0.25) is 4.79 Å². The fourth-order valence-electron chi connectivity index (χ4n) is 2.10. The van der Waals surface area contributed by atoms with Gasteiger partial charge in [-0.05, 0) is 6.42 Å². The largest absolute Gasteiger partial charge is 0.363 e. The van der Waals surface area contributed by atoms with E-state index in [1.165, 1.54) is 11.3 Å². The molecule has 23 heavy (non-hydrogen) atoms. The van der Waals surface area contributed by atoms with Gasteiger partial charge < -0.3 is 20.7 Å². The van der Waals surface area contributed by atoms with E-state index in [9.17, 15) is 4.79 Å². The van der Waals surface area contributed by atoms with Crippen LogP contribution in [0.5, 0.6) is 0 Å². The molecule has 3 heterocycles. The SMILES string of the molecule is C.C=O.CNc1nnc(C2CC(c3nnc(NC=O)s3)CN2)s1. The molecule has 1 amide bonds. The summed E-state index contributed by atoms with van der Waals surface area (Å²) in [5.74, 6) is 0.293. The Morgan fingerprint density at radius 1 is 1.17 bits per heavy atom. The van der Waals surface area contributed by atoms with Crippen LogP contribution in [0, 0.1) is 0 Å². The van der Waals surface area contributed by atoms with Crippen molar-refractivity contribution in [2.75, 3.05) is 24.2 Å². The summed E-state index contributed by atoms with van der Waals surface area (Å²) >= 11 is 2.97. The van der Waals surface area contributed by atoms with Gasteiger partial charge >= 0.3 is 0 Å². The highest BCUT2D eigenvalue weighted by Gasteiger charge is 2.31. The third-order valence-corrected chi connectivity index (χ3v) is 5.13. The molecule has 2 aromatic rings. The lowest BCUT2D eigenvalue weighted by atomic mass is 10.1. The standard InChI is InChI=1S/C10H13N7OS2.CH2O.CH4/c1-11-9-16-15-8(20-9)6-2-5(3-12-6)7-14-17-10(19-7)13-4-18;1-2;/h4-6,12H,2-3H2,1H3,(H,11,16)(H,13,17,18);1H2;1H4. The van der Waals surface area contributed by atoms with Crippen molar-refractivity contribution in [2.24, 2.45) is 0 Å². The van der Waals surface area contributed by atoms with E-state index >= 15 is 0 Å².